The van der Waals surface area contributed by atoms with Crippen molar-refractivity contribution >= 4 is 18.0 Å². The maximum Gasteiger partial charge on any atom is 0.324 e. The molecule has 0 spiro atoms. The number of esters is 2. The first-order chi connectivity index (χ1) is 11.5. The molecule has 24 heavy (non-hydrogen) atoms. The van der Waals surface area contributed by atoms with Crippen LogP contribution in [0.3, 0.4) is 0 Å². The molecule has 0 aromatic heterocycles. The van der Waals surface area contributed by atoms with Gasteiger partial charge in [-0.15, -0.1) is 0 Å². The monoisotopic (exact) mass is 330 g/mol. The highest BCUT2D eigenvalue weighted by Gasteiger charge is 2.76. The summed E-state index contributed by atoms with van der Waals surface area (Å²) in [5.41, 5.74) is -0.167. The van der Waals surface area contributed by atoms with E-state index in [1.54, 1.807) is 13.8 Å². The molecule has 2 unspecified atom stereocenters. The Balaban J connectivity index is 2.34. The molecule has 0 aliphatic heterocycles. The smallest absolute Gasteiger partial charge is 0.324 e. The van der Waals surface area contributed by atoms with Gasteiger partial charge in [0.1, 0.15) is 0 Å². The van der Waals surface area contributed by atoms with Crippen molar-refractivity contribution in [3.8, 4) is 0 Å². The van der Waals surface area contributed by atoms with Gasteiger partial charge < -0.3 is 9.47 Å². The maximum absolute atomic E-state index is 12.6. The van der Waals surface area contributed by atoms with Crippen molar-refractivity contribution in [1.29, 1.82) is 0 Å². The molecule has 0 N–H and O–H groups in total. The lowest BCUT2D eigenvalue weighted by Crippen LogP contribution is -2.34. The van der Waals surface area contributed by atoms with E-state index in [-0.39, 0.29) is 31.0 Å². The summed E-state index contributed by atoms with van der Waals surface area (Å²) in [6.07, 6.45) is 3.91. The lowest BCUT2D eigenvalue weighted by Gasteiger charge is -2.16. The van der Waals surface area contributed by atoms with Crippen molar-refractivity contribution in [2.45, 2.75) is 27.7 Å². The standard InChI is InChI=1S/C20H26O4/c1-5-23-18(21)20(19(22)24-6-2)16(17(20)14(3)4)13-12-15-10-8-7-9-11-15/h7-14,16-17H,5-6H2,1-4H3/b13-12+. The van der Waals surface area contributed by atoms with Crippen molar-refractivity contribution in [3.05, 3.63) is 42.0 Å². The van der Waals surface area contributed by atoms with Gasteiger partial charge in [0, 0.05) is 5.92 Å². The quantitative estimate of drug-likeness (QED) is 0.565. The Hall–Kier alpha value is -2.10. The molecule has 0 saturated heterocycles. The Labute approximate surface area is 143 Å². The highest BCUT2D eigenvalue weighted by Crippen LogP contribution is 2.64. The zero-order valence-electron chi connectivity index (χ0n) is 14.8. The molecule has 130 valence electrons. The van der Waals surface area contributed by atoms with E-state index in [2.05, 4.69) is 0 Å². The number of hydrogen-bond donors (Lipinski definition) is 0. The van der Waals surface area contributed by atoms with Gasteiger partial charge in [-0.2, -0.15) is 0 Å². The van der Waals surface area contributed by atoms with Crippen molar-refractivity contribution in [2.24, 2.45) is 23.2 Å². The highest BCUT2D eigenvalue weighted by molar-refractivity contribution is 6.05. The molecule has 2 rings (SSSR count). The third kappa shape index (κ3) is 3.23. The summed E-state index contributed by atoms with van der Waals surface area (Å²) < 4.78 is 10.5. The topological polar surface area (TPSA) is 52.6 Å². The lowest BCUT2D eigenvalue weighted by molar-refractivity contribution is -0.165. The third-order valence-electron chi connectivity index (χ3n) is 4.57. The van der Waals surface area contributed by atoms with E-state index in [9.17, 15) is 9.59 Å². The molecule has 1 aliphatic carbocycles. The molecule has 2 atom stereocenters. The number of rotatable bonds is 7. The highest BCUT2D eigenvalue weighted by atomic mass is 16.6. The summed E-state index contributed by atoms with van der Waals surface area (Å²) in [7, 11) is 0. The summed E-state index contributed by atoms with van der Waals surface area (Å²) >= 11 is 0. The van der Waals surface area contributed by atoms with Gasteiger partial charge >= 0.3 is 11.9 Å². The van der Waals surface area contributed by atoms with Crippen LogP contribution in [0.5, 0.6) is 0 Å². The van der Waals surface area contributed by atoms with E-state index in [1.165, 1.54) is 0 Å². The van der Waals surface area contributed by atoms with Gasteiger partial charge in [0.15, 0.2) is 5.41 Å². The van der Waals surface area contributed by atoms with Gasteiger partial charge in [-0.05, 0) is 31.2 Å². The second-order valence-corrected chi connectivity index (χ2v) is 6.38. The lowest BCUT2D eigenvalue weighted by atomic mass is 9.97. The number of hydrogen-bond acceptors (Lipinski definition) is 4. The van der Waals surface area contributed by atoms with Crippen molar-refractivity contribution in [2.75, 3.05) is 13.2 Å². The van der Waals surface area contributed by atoms with Crippen LogP contribution in [0, 0.1) is 23.2 Å². The number of allylic oxidation sites excluding steroid dienone is 1. The summed E-state index contributed by atoms with van der Waals surface area (Å²) in [6.45, 7) is 8.04. The van der Waals surface area contributed by atoms with Crippen LogP contribution < -0.4 is 0 Å². The van der Waals surface area contributed by atoms with Crippen LogP contribution in [-0.4, -0.2) is 25.2 Å². The fourth-order valence-electron chi connectivity index (χ4n) is 3.56. The second kappa shape index (κ2) is 7.65. The molecule has 1 saturated carbocycles. The fraction of sp³-hybridized carbons (Fsp3) is 0.500. The van der Waals surface area contributed by atoms with Crippen LogP contribution >= 0.6 is 0 Å². The average Bonchev–Trinajstić information content (AvgIpc) is 3.25. The molecule has 4 heteroatoms. The van der Waals surface area contributed by atoms with Crippen LogP contribution in [0.25, 0.3) is 6.08 Å². The SMILES string of the molecule is CCOC(=O)C1(C(=O)OCC)C(/C=C/c2ccccc2)C1C(C)C. The summed E-state index contributed by atoms with van der Waals surface area (Å²) in [5.74, 6) is -1.06. The number of carbonyl (C=O) groups excluding carboxylic acids is 2. The van der Waals surface area contributed by atoms with Crippen LogP contribution in [0.2, 0.25) is 0 Å². The molecule has 0 amide bonds. The van der Waals surface area contributed by atoms with Gasteiger partial charge in [-0.3, -0.25) is 9.59 Å². The third-order valence-corrected chi connectivity index (χ3v) is 4.57. The van der Waals surface area contributed by atoms with E-state index in [1.807, 2.05) is 56.3 Å². The molecule has 0 bridgehead atoms. The van der Waals surface area contributed by atoms with E-state index >= 15 is 0 Å². The zero-order valence-corrected chi connectivity index (χ0v) is 14.8. The Kier molecular flexibility index (Phi) is 5.81. The maximum atomic E-state index is 12.6. The first kappa shape index (κ1) is 18.2. The number of benzene rings is 1. The van der Waals surface area contributed by atoms with Gasteiger partial charge in [-0.25, -0.2) is 0 Å². The largest absolute Gasteiger partial charge is 0.465 e. The van der Waals surface area contributed by atoms with Gasteiger partial charge in [-0.1, -0.05) is 56.3 Å². The second-order valence-electron chi connectivity index (χ2n) is 6.38. The minimum atomic E-state index is -1.20. The van der Waals surface area contributed by atoms with E-state index < -0.39 is 17.4 Å². The normalized spacial score (nSPS) is 21.7. The molecular weight excluding hydrogens is 304 g/mol. The van der Waals surface area contributed by atoms with Crippen molar-refractivity contribution in [3.63, 3.8) is 0 Å². The first-order valence-corrected chi connectivity index (χ1v) is 8.57. The molecule has 1 aromatic carbocycles. The fourth-order valence-corrected chi connectivity index (χ4v) is 3.56. The van der Waals surface area contributed by atoms with E-state index in [4.69, 9.17) is 9.47 Å². The van der Waals surface area contributed by atoms with Gasteiger partial charge in [0.2, 0.25) is 0 Å². The van der Waals surface area contributed by atoms with Crippen LogP contribution in [0.15, 0.2) is 36.4 Å². The Morgan fingerprint density at radius 2 is 1.62 bits per heavy atom. The number of carbonyl (C=O) groups is 2. The Bertz CT molecular complexity index is 585. The Morgan fingerprint density at radius 1 is 1.08 bits per heavy atom. The predicted molar refractivity (Wildman–Crippen MR) is 93.0 cm³/mol. The molecule has 1 aromatic rings. The predicted octanol–water partition coefficient (Wildman–Crippen LogP) is 3.71. The average molecular weight is 330 g/mol. The Morgan fingerprint density at radius 3 is 2.08 bits per heavy atom. The first-order valence-electron chi connectivity index (χ1n) is 8.57. The molecule has 0 radical (unpaired) electrons. The molecular formula is C20H26O4. The molecule has 1 aliphatic rings. The van der Waals surface area contributed by atoms with Gasteiger partial charge in [0.05, 0.1) is 13.2 Å². The summed E-state index contributed by atoms with van der Waals surface area (Å²) in [5, 5.41) is 0. The van der Waals surface area contributed by atoms with Crippen LogP contribution in [-0.2, 0) is 19.1 Å². The molecule has 0 heterocycles. The minimum absolute atomic E-state index is 0.101. The summed E-state index contributed by atoms with van der Waals surface area (Å²) in [4.78, 5) is 25.2. The van der Waals surface area contributed by atoms with Gasteiger partial charge in [0.25, 0.3) is 0 Å². The zero-order chi connectivity index (χ0) is 17.7. The number of ether oxygens (including phenoxy) is 2. The van der Waals surface area contributed by atoms with Crippen LogP contribution in [0.1, 0.15) is 33.3 Å². The minimum Gasteiger partial charge on any atom is -0.465 e. The van der Waals surface area contributed by atoms with Crippen LogP contribution in [0.4, 0.5) is 0 Å². The molecule has 4 nitrogen and oxygen atoms in total. The summed E-state index contributed by atoms with van der Waals surface area (Å²) in [6, 6.07) is 9.83. The van der Waals surface area contributed by atoms with Crippen molar-refractivity contribution in [1.82, 2.24) is 0 Å². The van der Waals surface area contributed by atoms with E-state index in [0.29, 0.717) is 0 Å². The van der Waals surface area contributed by atoms with E-state index in [0.717, 1.165) is 5.56 Å². The van der Waals surface area contributed by atoms with Crippen molar-refractivity contribution < 1.29 is 19.1 Å². The molecule has 1 fully saturated rings.